The molecule has 2 aliphatic rings. The average Bonchev–Trinajstić information content (AvgIpc) is 3.16. The van der Waals surface area contributed by atoms with Crippen molar-refractivity contribution in [2.75, 3.05) is 7.11 Å². The minimum atomic E-state index is -0.942. The van der Waals surface area contributed by atoms with Gasteiger partial charge < -0.3 is 9.94 Å². The third kappa shape index (κ3) is 3.22. The maximum atomic E-state index is 14.2. The Morgan fingerprint density at radius 2 is 1.81 bits per heavy atom. The zero-order chi connectivity index (χ0) is 22.1. The lowest BCUT2D eigenvalue weighted by atomic mass is 9.62. The average molecular weight is 443 g/mol. The Morgan fingerprint density at radius 3 is 2.59 bits per heavy atom. The van der Waals surface area contributed by atoms with Crippen molar-refractivity contribution in [3.8, 4) is 5.75 Å². The molecule has 1 heterocycles. The van der Waals surface area contributed by atoms with Gasteiger partial charge in [-0.15, -0.1) is 0 Å². The third-order valence-electron chi connectivity index (χ3n) is 6.29. The number of Topliss-reactive ketones (excluding diaryl/α,β-unsaturated/α-hetero) is 1. The highest BCUT2D eigenvalue weighted by Crippen LogP contribution is 2.57. The molecule has 1 fully saturated rings. The Labute approximate surface area is 190 Å². The number of thioether (sulfide) groups is 1. The molecule has 6 heteroatoms. The lowest BCUT2D eigenvalue weighted by molar-refractivity contribution is 0.0843. The van der Waals surface area contributed by atoms with E-state index in [9.17, 15) is 10.0 Å². The molecule has 2 atom stereocenters. The van der Waals surface area contributed by atoms with Gasteiger partial charge in [0.1, 0.15) is 10.8 Å². The van der Waals surface area contributed by atoms with Gasteiger partial charge in [-0.1, -0.05) is 71.5 Å². The number of aliphatic imine (C=N–C) groups is 1. The fourth-order valence-corrected chi connectivity index (χ4v) is 6.12. The zero-order valence-electron chi connectivity index (χ0n) is 17.6. The van der Waals surface area contributed by atoms with E-state index in [-0.39, 0.29) is 5.78 Å². The maximum absolute atomic E-state index is 14.2. The molecule has 1 aliphatic heterocycles. The normalized spacial score (nSPS) is 24.8. The fraction of sp³-hybridized carbons (Fsp3) is 0.192. The van der Waals surface area contributed by atoms with E-state index in [4.69, 9.17) is 9.73 Å². The Hall–Kier alpha value is -3.38. The highest BCUT2D eigenvalue weighted by molar-refractivity contribution is 8.27. The number of hydrogen-bond donors (Lipinski definition) is 1. The first kappa shape index (κ1) is 20.5. The molecule has 160 valence electrons. The molecule has 32 heavy (non-hydrogen) atoms. The lowest BCUT2D eigenvalue weighted by Crippen LogP contribution is -2.44. The first-order valence-electron chi connectivity index (χ1n) is 10.5. The summed E-state index contributed by atoms with van der Waals surface area (Å²) in [5.74, 6) is 0.265. The molecular weight excluding hydrogens is 420 g/mol. The lowest BCUT2D eigenvalue weighted by Gasteiger charge is -2.37. The highest BCUT2D eigenvalue weighted by Gasteiger charge is 2.59. The summed E-state index contributed by atoms with van der Waals surface area (Å²) in [5, 5.41) is 14.8. The van der Waals surface area contributed by atoms with Crippen molar-refractivity contribution >= 4 is 33.3 Å². The minimum absolute atomic E-state index is 0.0213. The van der Waals surface area contributed by atoms with Crippen molar-refractivity contribution in [1.29, 1.82) is 0 Å². The second-order valence-corrected chi connectivity index (χ2v) is 8.97. The highest BCUT2D eigenvalue weighted by atomic mass is 32.2. The molecule has 5 nitrogen and oxygen atoms in total. The first-order valence-corrected chi connectivity index (χ1v) is 11.3. The number of oxime groups is 1. The Balaban J connectivity index is 1.75. The number of nitrogens with zero attached hydrogens (tertiary/aromatic N) is 2. The summed E-state index contributed by atoms with van der Waals surface area (Å²) in [6, 6.07) is 25.0. The van der Waals surface area contributed by atoms with Gasteiger partial charge >= 0.3 is 0 Å². The monoisotopic (exact) mass is 442 g/mol. The van der Waals surface area contributed by atoms with Crippen LogP contribution in [-0.4, -0.2) is 28.2 Å². The molecule has 1 spiro atoms. The quantitative estimate of drug-likeness (QED) is 0.407. The number of methoxy groups -OCH3 is 1. The minimum Gasteiger partial charge on any atom is -0.497 e. The fourth-order valence-electron chi connectivity index (χ4n) is 4.78. The smallest absolute Gasteiger partial charge is 0.176 e. The summed E-state index contributed by atoms with van der Waals surface area (Å²) in [5.41, 5.74) is 2.46. The molecular formula is C26H22N2O3S. The van der Waals surface area contributed by atoms with Gasteiger partial charge in [0.25, 0.3) is 0 Å². The molecule has 1 aliphatic carbocycles. The molecule has 0 aromatic heterocycles. The van der Waals surface area contributed by atoms with E-state index < -0.39 is 11.3 Å². The number of rotatable bonds is 3. The van der Waals surface area contributed by atoms with Crippen LogP contribution in [0.1, 0.15) is 33.8 Å². The molecule has 0 unspecified atom stereocenters. The van der Waals surface area contributed by atoms with Crippen LogP contribution in [0.2, 0.25) is 0 Å². The van der Waals surface area contributed by atoms with E-state index in [2.05, 4.69) is 5.16 Å². The molecule has 0 saturated carbocycles. The first-order chi connectivity index (χ1) is 15.7. The van der Waals surface area contributed by atoms with Crippen LogP contribution < -0.4 is 4.74 Å². The van der Waals surface area contributed by atoms with Gasteiger partial charge in [-0.2, -0.15) is 0 Å². The van der Waals surface area contributed by atoms with Gasteiger partial charge in [0.2, 0.25) is 0 Å². The van der Waals surface area contributed by atoms with E-state index in [0.29, 0.717) is 27.8 Å². The molecule has 3 aromatic carbocycles. The maximum Gasteiger partial charge on any atom is 0.176 e. The molecule has 5 rings (SSSR count). The van der Waals surface area contributed by atoms with Crippen LogP contribution >= 0.6 is 11.8 Å². The van der Waals surface area contributed by atoms with Crippen molar-refractivity contribution in [2.24, 2.45) is 15.6 Å². The van der Waals surface area contributed by atoms with E-state index in [0.717, 1.165) is 23.2 Å². The topological polar surface area (TPSA) is 71.2 Å². The van der Waals surface area contributed by atoms with Gasteiger partial charge in [0, 0.05) is 5.56 Å². The van der Waals surface area contributed by atoms with Crippen LogP contribution in [0.3, 0.4) is 0 Å². The van der Waals surface area contributed by atoms with Crippen LogP contribution in [0.25, 0.3) is 0 Å². The Kier molecular flexibility index (Phi) is 5.31. The number of carbonyl (C=O) groups excluding carboxylic acids is 1. The predicted octanol–water partition coefficient (Wildman–Crippen LogP) is 5.86. The molecule has 1 saturated heterocycles. The van der Waals surface area contributed by atoms with Gasteiger partial charge in [-0.25, -0.2) is 4.99 Å². The summed E-state index contributed by atoms with van der Waals surface area (Å²) in [6.45, 7) is 0. The standard InChI is InChI=1S/C26H22N2O3S/c1-31-20-12-7-9-18(16-20)22-24(28-30)32-25(27-19-10-3-2-4-11-19)26(22)15-14-17-8-5-6-13-21(17)23(26)29/h2-13,16,22,30H,14-15H2,1H3/b27-25?,28-24-/t22-,26-/m0/s1. The molecule has 3 aromatic rings. The SMILES string of the molecule is COc1cccc([C@H]2/C(=N/O)SC(=Nc3ccccc3)[C@@]23CCc2ccccc2C3=O)c1. The van der Waals surface area contributed by atoms with Crippen LogP contribution in [-0.2, 0) is 6.42 Å². The summed E-state index contributed by atoms with van der Waals surface area (Å²) in [6.07, 6.45) is 1.33. The number of hydrogen-bond acceptors (Lipinski definition) is 6. The van der Waals surface area contributed by atoms with E-state index in [1.54, 1.807) is 7.11 Å². The largest absolute Gasteiger partial charge is 0.497 e. The van der Waals surface area contributed by atoms with E-state index in [1.165, 1.54) is 11.8 Å². The van der Waals surface area contributed by atoms with Crippen molar-refractivity contribution in [1.82, 2.24) is 0 Å². The van der Waals surface area contributed by atoms with Crippen LogP contribution in [0, 0.1) is 5.41 Å². The molecule has 1 N–H and O–H groups in total. The number of ketones is 1. The number of ether oxygens (including phenoxy) is 1. The van der Waals surface area contributed by atoms with Gasteiger partial charge in [-0.05, 0) is 48.2 Å². The second-order valence-electron chi connectivity index (χ2n) is 7.96. The Bertz CT molecular complexity index is 1240. The number of fused-ring (bicyclic) bond motifs is 1. The summed E-state index contributed by atoms with van der Waals surface area (Å²) in [7, 11) is 1.61. The summed E-state index contributed by atoms with van der Waals surface area (Å²) in [4.78, 5) is 19.1. The number of para-hydroxylation sites is 1. The number of carbonyl (C=O) groups is 1. The number of aryl methyl sites for hydroxylation is 1. The van der Waals surface area contributed by atoms with Gasteiger partial charge in [0.15, 0.2) is 5.78 Å². The van der Waals surface area contributed by atoms with Crippen LogP contribution in [0.5, 0.6) is 5.75 Å². The summed E-state index contributed by atoms with van der Waals surface area (Å²) >= 11 is 1.29. The number of benzene rings is 3. The van der Waals surface area contributed by atoms with Crippen molar-refractivity contribution in [3.63, 3.8) is 0 Å². The van der Waals surface area contributed by atoms with E-state index >= 15 is 0 Å². The van der Waals surface area contributed by atoms with Crippen molar-refractivity contribution in [2.45, 2.75) is 18.8 Å². The van der Waals surface area contributed by atoms with Gasteiger partial charge in [-0.3, -0.25) is 4.79 Å². The third-order valence-corrected chi connectivity index (χ3v) is 7.47. The molecule has 0 bridgehead atoms. The Morgan fingerprint density at radius 1 is 1.03 bits per heavy atom. The van der Waals surface area contributed by atoms with Crippen LogP contribution in [0.15, 0.2) is 89.0 Å². The van der Waals surface area contributed by atoms with E-state index in [1.807, 2.05) is 78.9 Å². The van der Waals surface area contributed by atoms with Crippen LogP contribution in [0.4, 0.5) is 5.69 Å². The molecule has 0 amide bonds. The van der Waals surface area contributed by atoms with Gasteiger partial charge in [0.05, 0.1) is 29.2 Å². The van der Waals surface area contributed by atoms with Crippen molar-refractivity contribution in [3.05, 3.63) is 95.6 Å². The predicted molar refractivity (Wildman–Crippen MR) is 128 cm³/mol. The molecule has 0 radical (unpaired) electrons. The van der Waals surface area contributed by atoms with Crippen molar-refractivity contribution < 1.29 is 14.7 Å². The zero-order valence-corrected chi connectivity index (χ0v) is 18.4. The second kappa shape index (κ2) is 8.28. The summed E-state index contributed by atoms with van der Waals surface area (Å²) < 4.78 is 5.44.